The molecule has 72 valence electrons. The van der Waals surface area contributed by atoms with Crippen molar-refractivity contribution in [1.29, 1.82) is 0 Å². The summed E-state index contributed by atoms with van der Waals surface area (Å²) in [6, 6.07) is 8.08. The molecule has 0 heterocycles. The van der Waals surface area contributed by atoms with Gasteiger partial charge in [-0.05, 0) is 24.3 Å². The molecule has 1 aromatic carbocycles. The minimum Gasteiger partial charge on any atom is -0.294 e. The zero-order valence-electron chi connectivity index (χ0n) is 8.20. The lowest BCUT2D eigenvalue weighted by atomic mass is 9.98. The van der Waals surface area contributed by atoms with Crippen molar-refractivity contribution in [2.24, 2.45) is 11.8 Å². The van der Waals surface area contributed by atoms with Crippen LogP contribution in [0.25, 0.3) is 0 Å². The van der Waals surface area contributed by atoms with Gasteiger partial charge in [0.25, 0.3) is 0 Å². The van der Waals surface area contributed by atoms with Crippen molar-refractivity contribution in [1.82, 2.24) is 0 Å². The molecule has 1 heteroatoms. The summed E-state index contributed by atoms with van der Waals surface area (Å²) < 4.78 is 0. The maximum Gasteiger partial charge on any atom is 0.166 e. The van der Waals surface area contributed by atoms with Crippen LogP contribution in [-0.2, 0) is 6.42 Å². The standard InChI is InChI=1S/C13H14O/c14-13-11(7-9-5-6-9)8-10-3-1-2-4-12(10)13/h1-4,9,11H,5-8H2. The molecule has 1 saturated carbocycles. The van der Waals surface area contributed by atoms with Gasteiger partial charge in [0.05, 0.1) is 0 Å². The smallest absolute Gasteiger partial charge is 0.166 e. The highest BCUT2D eigenvalue weighted by molar-refractivity contribution is 6.02. The van der Waals surface area contributed by atoms with Crippen molar-refractivity contribution < 1.29 is 4.79 Å². The number of ketones is 1. The Morgan fingerprint density at radius 3 is 2.71 bits per heavy atom. The number of rotatable bonds is 2. The zero-order chi connectivity index (χ0) is 9.54. The van der Waals surface area contributed by atoms with E-state index in [0.29, 0.717) is 11.7 Å². The summed E-state index contributed by atoms with van der Waals surface area (Å²) >= 11 is 0. The van der Waals surface area contributed by atoms with Crippen LogP contribution in [0.15, 0.2) is 24.3 Å². The molecule has 0 aromatic heterocycles. The predicted molar refractivity (Wildman–Crippen MR) is 55.3 cm³/mol. The topological polar surface area (TPSA) is 17.1 Å². The van der Waals surface area contributed by atoms with Crippen LogP contribution in [0, 0.1) is 11.8 Å². The Morgan fingerprint density at radius 2 is 2.00 bits per heavy atom. The van der Waals surface area contributed by atoms with Crippen LogP contribution in [0.4, 0.5) is 0 Å². The number of benzene rings is 1. The zero-order valence-corrected chi connectivity index (χ0v) is 8.20. The Balaban J connectivity index is 1.85. The SMILES string of the molecule is O=C1c2ccccc2CC1CC1CC1. The largest absolute Gasteiger partial charge is 0.294 e. The van der Waals surface area contributed by atoms with Crippen molar-refractivity contribution >= 4 is 5.78 Å². The van der Waals surface area contributed by atoms with Crippen LogP contribution in [0.2, 0.25) is 0 Å². The summed E-state index contributed by atoms with van der Waals surface area (Å²) in [6.07, 6.45) is 4.82. The van der Waals surface area contributed by atoms with Gasteiger partial charge in [0.2, 0.25) is 0 Å². The van der Waals surface area contributed by atoms with Gasteiger partial charge in [-0.1, -0.05) is 37.1 Å². The highest BCUT2D eigenvalue weighted by Gasteiger charge is 2.34. The lowest BCUT2D eigenvalue weighted by Crippen LogP contribution is -2.09. The van der Waals surface area contributed by atoms with Gasteiger partial charge in [-0.3, -0.25) is 4.79 Å². The second-order valence-corrected chi connectivity index (χ2v) is 4.60. The highest BCUT2D eigenvalue weighted by Crippen LogP contribution is 2.39. The maximum absolute atomic E-state index is 12.0. The molecule has 1 unspecified atom stereocenters. The molecule has 1 atom stereocenters. The Morgan fingerprint density at radius 1 is 1.21 bits per heavy atom. The Kier molecular flexibility index (Phi) is 1.73. The normalized spacial score (nSPS) is 25.1. The van der Waals surface area contributed by atoms with Crippen LogP contribution in [0.1, 0.15) is 35.2 Å². The average molecular weight is 186 g/mol. The first-order chi connectivity index (χ1) is 6.84. The van der Waals surface area contributed by atoms with Gasteiger partial charge in [0.1, 0.15) is 0 Å². The fourth-order valence-corrected chi connectivity index (χ4v) is 2.46. The molecular formula is C13H14O. The van der Waals surface area contributed by atoms with Crippen LogP contribution < -0.4 is 0 Å². The van der Waals surface area contributed by atoms with Crippen molar-refractivity contribution in [2.45, 2.75) is 25.7 Å². The lowest BCUT2D eigenvalue weighted by Gasteiger charge is -2.04. The molecular weight excluding hydrogens is 172 g/mol. The fraction of sp³-hybridized carbons (Fsp3) is 0.462. The minimum absolute atomic E-state index is 0.305. The molecule has 14 heavy (non-hydrogen) atoms. The second-order valence-electron chi connectivity index (χ2n) is 4.60. The van der Waals surface area contributed by atoms with E-state index in [-0.39, 0.29) is 0 Å². The van der Waals surface area contributed by atoms with Gasteiger partial charge < -0.3 is 0 Å². The summed E-state index contributed by atoms with van der Waals surface area (Å²) in [5.74, 6) is 1.56. The Bertz CT molecular complexity index is 377. The van der Waals surface area contributed by atoms with Gasteiger partial charge in [0.15, 0.2) is 5.78 Å². The summed E-state index contributed by atoms with van der Waals surface area (Å²) in [7, 11) is 0. The van der Waals surface area contributed by atoms with Crippen LogP contribution in [0.5, 0.6) is 0 Å². The van der Waals surface area contributed by atoms with E-state index in [0.717, 1.165) is 24.3 Å². The number of fused-ring (bicyclic) bond motifs is 1. The molecule has 2 aliphatic carbocycles. The van der Waals surface area contributed by atoms with Crippen LogP contribution >= 0.6 is 0 Å². The summed E-state index contributed by atoms with van der Waals surface area (Å²) in [5.41, 5.74) is 2.25. The lowest BCUT2D eigenvalue weighted by molar-refractivity contribution is 0.0927. The first-order valence-electron chi connectivity index (χ1n) is 5.46. The third-order valence-electron chi connectivity index (χ3n) is 3.43. The Hall–Kier alpha value is -1.11. The maximum atomic E-state index is 12.0. The average Bonchev–Trinajstić information content (AvgIpc) is 2.95. The van der Waals surface area contributed by atoms with E-state index in [1.54, 1.807) is 0 Å². The first-order valence-corrected chi connectivity index (χ1v) is 5.46. The number of carbonyl (C=O) groups excluding carboxylic acids is 1. The summed E-state index contributed by atoms with van der Waals surface area (Å²) in [4.78, 5) is 12.0. The first kappa shape index (κ1) is 8.22. The quantitative estimate of drug-likeness (QED) is 0.694. The summed E-state index contributed by atoms with van der Waals surface area (Å²) in [5, 5.41) is 0. The molecule has 0 radical (unpaired) electrons. The fourth-order valence-electron chi connectivity index (χ4n) is 2.46. The number of Topliss-reactive ketones (excluding diaryl/α,β-unsaturated/α-hetero) is 1. The molecule has 3 rings (SSSR count). The number of carbonyl (C=O) groups is 1. The van der Waals surface area contributed by atoms with E-state index in [2.05, 4.69) is 6.07 Å². The molecule has 0 aliphatic heterocycles. The third-order valence-corrected chi connectivity index (χ3v) is 3.43. The van der Waals surface area contributed by atoms with Crippen molar-refractivity contribution in [3.63, 3.8) is 0 Å². The molecule has 0 amide bonds. The monoisotopic (exact) mass is 186 g/mol. The highest BCUT2D eigenvalue weighted by atomic mass is 16.1. The molecule has 0 bridgehead atoms. The predicted octanol–water partition coefficient (Wildman–Crippen LogP) is 2.84. The van der Waals surface area contributed by atoms with E-state index in [4.69, 9.17) is 0 Å². The molecule has 1 aromatic rings. The van der Waals surface area contributed by atoms with E-state index < -0.39 is 0 Å². The van der Waals surface area contributed by atoms with Crippen LogP contribution in [-0.4, -0.2) is 5.78 Å². The molecule has 1 nitrogen and oxygen atoms in total. The van der Waals surface area contributed by atoms with Crippen molar-refractivity contribution in [3.8, 4) is 0 Å². The van der Waals surface area contributed by atoms with Crippen LogP contribution in [0.3, 0.4) is 0 Å². The number of hydrogen-bond donors (Lipinski definition) is 0. The van der Waals surface area contributed by atoms with E-state index in [9.17, 15) is 4.79 Å². The van der Waals surface area contributed by atoms with Crippen molar-refractivity contribution in [2.75, 3.05) is 0 Å². The molecule has 1 fully saturated rings. The molecule has 0 spiro atoms. The second kappa shape index (κ2) is 2.94. The van der Waals surface area contributed by atoms with Gasteiger partial charge in [-0.2, -0.15) is 0 Å². The summed E-state index contributed by atoms with van der Waals surface area (Å²) in [6.45, 7) is 0. The van der Waals surface area contributed by atoms with E-state index in [1.807, 2.05) is 18.2 Å². The third kappa shape index (κ3) is 1.28. The van der Waals surface area contributed by atoms with E-state index in [1.165, 1.54) is 18.4 Å². The van der Waals surface area contributed by atoms with Gasteiger partial charge >= 0.3 is 0 Å². The van der Waals surface area contributed by atoms with Gasteiger partial charge in [-0.15, -0.1) is 0 Å². The van der Waals surface area contributed by atoms with Gasteiger partial charge in [-0.25, -0.2) is 0 Å². The number of hydrogen-bond acceptors (Lipinski definition) is 1. The van der Waals surface area contributed by atoms with E-state index >= 15 is 0 Å². The minimum atomic E-state index is 0.305. The molecule has 2 aliphatic rings. The molecule has 0 N–H and O–H groups in total. The molecule has 0 saturated heterocycles. The van der Waals surface area contributed by atoms with Gasteiger partial charge in [0, 0.05) is 11.5 Å². The van der Waals surface area contributed by atoms with Crippen molar-refractivity contribution in [3.05, 3.63) is 35.4 Å². The Labute approximate surface area is 84.1 Å².